The molecule has 0 radical (unpaired) electrons. The first-order valence-corrected chi connectivity index (χ1v) is 9.01. The Kier molecular flexibility index (Phi) is 7.09. The van der Waals surface area contributed by atoms with Crippen LogP contribution in [-0.2, 0) is 27.4 Å². The number of rotatable bonds is 8. The Morgan fingerprint density at radius 1 is 1.32 bits per heavy atom. The van der Waals surface area contributed by atoms with Crippen molar-refractivity contribution in [1.29, 1.82) is 0 Å². The van der Waals surface area contributed by atoms with E-state index in [9.17, 15) is 9.59 Å². The number of nitrogens with one attached hydrogen (secondary N) is 1. The van der Waals surface area contributed by atoms with Gasteiger partial charge in [0.1, 0.15) is 11.6 Å². The lowest BCUT2D eigenvalue weighted by Crippen LogP contribution is -2.43. The second-order valence-electron chi connectivity index (χ2n) is 5.71. The van der Waals surface area contributed by atoms with Gasteiger partial charge in [0.25, 0.3) is 0 Å². The fourth-order valence-corrected chi connectivity index (χ4v) is 3.00. The number of amides is 1. The van der Waals surface area contributed by atoms with Crippen LogP contribution < -0.4 is 11.1 Å². The summed E-state index contributed by atoms with van der Waals surface area (Å²) in [4.78, 5) is 29.4. The molecule has 2 rings (SSSR count). The van der Waals surface area contributed by atoms with Gasteiger partial charge < -0.3 is 15.8 Å². The molecule has 0 saturated carbocycles. The molecule has 0 fully saturated rings. The number of esters is 1. The third kappa shape index (κ3) is 5.95. The van der Waals surface area contributed by atoms with Crippen LogP contribution in [0.4, 0.5) is 0 Å². The molecule has 1 unspecified atom stereocenters. The maximum absolute atomic E-state index is 12.1. The molecule has 3 N–H and O–H groups in total. The Hall–Kier alpha value is -2.25. The van der Waals surface area contributed by atoms with E-state index in [0.717, 1.165) is 21.9 Å². The molecular weight excluding hydrogens is 338 g/mol. The number of hydrogen-bond acceptors (Lipinski definition) is 6. The number of hydrogen-bond donors (Lipinski definition) is 2. The van der Waals surface area contributed by atoms with Crippen LogP contribution >= 0.6 is 11.3 Å². The molecule has 25 heavy (non-hydrogen) atoms. The van der Waals surface area contributed by atoms with Crippen LogP contribution in [0.15, 0.2) is 36.5 Å². The van der Waals surface area contributed by atoms with E-state index in [1.165, 1.54) is 0 Å². The van der Waals surface area contributed by atoms with Crippen molar-refractivity contribution in [3.05, 3.63) is 52.0 Å². The van der Waals surface area contributed by atoms with Gasteiger partial charge in [-0.2, -0.15) is 0 Å². The average Bonchev–Trinajstić information content (AvgIpc) is 3.10. The number of benzene rings is 1. The molecule has 0 bridgehead atoms. The van der Waals surface area contributed by atoms with E-state index in [0.29, 0.717) is 0 Å². The fraction of sp³-hybridized carbons (Fsp3) is 0.389. The summed E-state index contributed by atoms with van der Waals surface area (Å²) in [5.74, 6) is -0.890. The van der Waals surface area contributed by atoms with Crippen LogP contribution in [0, 0.1) is 0 Å². The van der Waals surface area contributed by atoms with Gasteiger partial charge in [-0.1, -0.05) is 37.3 Å². The van der Waals surface area contributed by atoms with Crippen molar-refractivity contribution in [2.45, 2.75) is 45.4 Å². The summed E-state index contributed by atoms with van der Waals surface area (Å²) in [5, 5.41) is 3.61. The van der Waals surface area contributed by atoms with E-state index in [-0.39, 0.29) is 19.1 Å². The van der Waals surface area contributed by atoms with Crippen molar-refractivity contribution < 1.29 is 14.3 Å². The zero-order valence-electron chi connectivity index (χ0n) is 14.4. The molecule has 7 heteroatoms. The molecule has 1 heterocycles. The van der Waals surface area contributed by atoms with Gasteiger partial charge in [0, 0.05) is 11.1 Å². The zero-order valence-corrected chi connectivity index (χ0v) is 15.2. The van der Waals surface area contributed by atoms with Crippen LogP contribution in [0.2, 0.25) is 0 Å². The molecule has 1 aromatic heterocycles. The summed E-state index contributed by atoms with van der Waals surface area (Å²) in [6.07, 6.45) is 2.55. The molecule has 0 aliphatic heterocycles. The Bertz CT molecular complexity index is 703. The van der Waals surface area contributed by atoms with E-state index in [4.69, 9.17) is 10.5 Å². The molecule has 2 aromatic rings. The van der Waals surface area contributed by atoms with E-state index < -0.39 is 17.9 Å². The first kappa shape index (κ1) is 19.1. The van der Waals surface area contributed by atoms with Gasteiger partial charge in [-0.15, -0.1) is 11.3 Å². The van der Waals surface area contributed by atoms with Gasteiger partial charge in [-0.3, -0.25) is 9.59 Å². The molecule has 1 amide bonds. The average molecular weight is 361 g/mol. The summed E-state index contributed by atoms with van der Waals surface area (Å²) in [6.45, 7) is 4.07. The summed E-state index contributed by atoms with van der Waals surface area (Å²) in [6, 6.07) is 8.15. The molecular formula is C18H23N3O3S. The van der Waals surface area contributed by atoms with Crippen molar-refractivity contribution in [2.24, 2.45) is 5.73 Å². The molecule has 134 valence electrons. The SMILES string of the molecule is CCc1cnc(C(C)NC(=O)[C@@H](N)CC(=O)OCc2ccccc2)s1. The Balaban J connectivity index is 1.77. The molecule has 0 spiro atoms. The maximum Gasteiger partial charge on any atom is 0.308 e. The Morgan fingerprint density at radius 2 is 2.04 bits per heavy atom. The highest BCUT2D eigenvalue weighted by molar-refractivity contribution is 7.11. The van der Waals surface area contributed by atoms with Gasteiger partial charge in [0.15, 0.2) is 0 Å². The number of ether oxygens (including phenoxy) is 1. The summed E-state index contributed by atoms with van der Waals surface area (Å²) >= 11 is 1.56. The van der Waals surface area contributed by atoms with Crippen LogP contribution in [0.1, 0.15) is 41.8 Å². The topological polar surface area (TPSA) is 94.3 Å². The second kappa shape index (κ2) is 9.29. The predicted molar refractivity (Wildman–Crippen MR) is 96.9 cm³/mol. The lowest BCUT2D eigenvalue weighted by molar-refractivity contribution is -0.146. The number of aromatic nitrogens is 1. The third-order valence-electron chi connectivity index (χ3n) is 3.62. The van der Waals surface area contributed by atoms with Crippen LogP contribution in [0.3, 0.4) is 0 Å². The van der Waals surface area contributed by atoms with Crippen LogP contribution in [-0.4, -0.2) is 22.9 Å². The predicted octanol–water partition coefficient (Wildman–Crippen LogP) is 2.34. The van der Waals surface area contributed by atoms with Crippen LogP contribution in [0.25, 0.3) is 0 Å². The number of aryl methyl sites for hydroxylation is 1. The first-order valence-electron chi connectivity index (χ1n) is 8.19. The number of nitrogens with zero attached hydrogens (tertiary/aromatic N) is 1. The highest BCUT2D eigenvalue weighted by Gasteiger charge is 2.21. The van der Waals surface area contributed by atoms with Crippen molar-refractivity contribution in [1.82, 2.24) is 10.3 Å². The minimum atomic E-state index is -0.948. The standard InChI is InChI=1S/C18H23N3O3S/c1-3-14-10-20-18(25-14)12(2)21-17(23)15(19)9-16(22)24-11-13-7-5-4-6-8-13/h4-8,10,12,15H,3,9,11,19H2,1-2H3,(H,21,23)/t12?,15-/m0/s1. The van der Waals surface area contributed by atoms with Crippen molar-refractivity contribution >= 4 is 23.2 Å². The van der Waals surface area contributed by atoms with Gasteiger partial charge in [-0.25, -0.2) is 4.98 Å². The number of carbonyl (C=O) groups excluding carboxylic acids is 2. The minimum absolute atomic E-state index is 0.163. The van der Waals surface area contributed by atoms with Crippen molar-refractivity contribution in [3.63, 3.8) is 0 Å². The fourth-order valence-electron chi connectivity index (χ4n) is 2.14. The highest BCUT2D eigenvalue weighted by atomic mass is 32.1. The monoisotopic (exact) mass is 361 g/mol. The second-order valence-corrected chi connectivity index (χ2v) is 6.85. The Labute approximate surface area is 151 Å². The maximum atomic E-state index is 12.1. The normalized spacial score (nSPS) is 13.1. The summed E-state index contributed by atoms with van der Waals surface area (Å²) in [5.41, 5.74) is 6.70. The molecule has 0 saturated heterocycles. The molecule has 0 aliphatic carbocycles. The molecule has 1 aromatic carbocycles. The number of thiazole rings is 1. The van der Waals surface area contributed by atoms with Gasteiger partial charge in [0.05, 0.1) is 18.5 Å². The minimum Gasteiger partial charge on any atom is -0.461 e. The van der Waals surface area contributed by atoms with E-state index in [1.807, 2.05) is 43.5 Å². The van der Waals surface area contributed by atoms with Gasteiger partial charge in [0.2, 0.25) is 5.91 Å². The quantitative estimate of drug-likeness (QED) is 0.704. The van der Waals surface area contributed by atoms with Crippen molar-refractivity contribution in [2.75, 3.05) is 0 Å². The Morgan fingerprint density at radius 3 is 2.68 bits per heavy atom. The number of carbonyl (C=O) groups is 2. The van der Waals surface area contributed by atoms with Crippen molar-refractivity contribution in [3.8, 4) is 0 Å². The molecule has 6 nitrogen and oxygen atoms in total. The van der Waals surface area contributed by atoms with Gasteiger partial charge in [-0.05, 0) is 18.9 Å². The van der Waals surface area contributed by atoms with Crippen LogP contribution in [0.5, 0.6) is 0 Å². The highest BCUT2D eigenvalue weighted by Crippen LogP contribution is 2.20. The summed E-state index contributed by atoms with van der Waals surface area (Å²) < 4.78 is 5.15. The van der Waals surface area contributed by atoms with E-state index >= 15 is 0 Å². The smallest absolute Gasteiger partial charge is 0.308 e. The van der Waals surface area contributed by atoms with Gasteiger partial charge >= 0.3 is 5.97 Å². The first-order chi connectivity index (χ1) is 12.0. The largest absolute Gasteiger partial charge is 0.461 e. The summed E-state index contributed by atoms with van der Waals surface area (Å²) in [7, 11) is 0. The van der Waals surface area contributed by atoms with E-state index in [2.05, 4.69) is 17.2 Å². The number of nitrogens with two attached hydrogens (primary N) is 1. The zero-order chi connectivity index (χ0) is 18.2. The lowest BCUT2D eigenvalue weighted by Gasteiger charge is -2.15. The van der Waals surface area contributed by atoms with E-state index in [1.54, 1.807) is 11.3 Å². The lowest BCUT2D eigenvalue weighted by atomic mass is 10.2. The molecule has 2 atom stereocenters. The third-order valence-corrected chi connectivity index (χ3v) is 4.94. The molecule has 0 aliphatic rings.